The van der Waals surface area contributed by atoms with E-state index < -0.39 is 6.10 Å². The van der Waals surface area contributed by atoms with E-state index >= 15 is 0 Å². The minimum atomic E-state index is -0.510. The van der Waals surface area contributed by atoms with Gasteiger partial charge in [0.25, 0.3) is 0 Å². The van der Waals surface area contributed by atoms with Crippen LogP contribution in [0.1, 0.15) is 40.5 Å². The van der Waals surface area contributed by atoms with Crippen molar-refractivity contribution in [2.75, 3.05) is 0 Å². The molecule has 2 atom stereocenters. The van der Waals surface area contributed by atoms with Crippen molar-refractivity contribution in [3.63, 3.8) is 0 Å². The summed E-state index contributed by atoms with van der Waals surface area (Å²) in [5.74, 6) is 0.539. The van der Waals surface area contributed by atoms with Crippen LogP contribution >= 0.6 is 0 Å². The Morgan fingerprint density at radius 2 is 1.75 bits per heavy atom. The average molecular weight is 172 g/mol. The lowest BCUT2D eigenvalue weighted by Crippen LogP contribution is -2.22. The van der Waals surface area contributed by atoms with Crippen molar-refractivity contribution in [3.05, 3.63) is 0 Å². The van der Waals surface area contributed by atoms with Gasteiger partial charge in [0, 0.05) is 12.3 Å². The molecule has 0 aromatic carbocycles. The highest BCUT2D eigenvalue weighted by Gasteiger charge is 2.17. The first-order valence-corrected chi connectivity index (χ1v) is 4.66. The van der Waals surface area contributed by atoms with Crippen LogP contribution in [0.2, 0.25) is 0 Å². The third kappa shape index (κ3) is 4.50. The second-order valence-corrected chi connectivity index (χ2v) is 3.93. The molecule has 0 aliphatic heterocycles. The van der Waals surface area contributed by atoms with Gasteiger partial charge < -0.3 is 5.11 Å². The molecule has 0 spiro atoms. The van der Waals surface area contributed by atoms with Crippen LogP contribution in [0.15, 0.2) is 0 Å². The summed E-state index contributed by atoms with van der Waals surface area (Å²) in [4.78, 5) is 11.3. The van der Waals surface area contributed by atoms with Crippen LogP contribution in [0.25, 0.3) is 0 Å². The summed E-state index contributed by atoms with van der Waals surface area (Å²) in [7, 11) is 0. The fraction of sp³-hybridized carbons (Fsp3) is 0.900. The van der Waals surface area contributed by atoms with Crippen LogP contribution < -0.4 is 0 Å². The van der Waals surface area contributed by atoms with Crippen LogP contribution in [-0.2, 0) is 4.79 Å². The Labute approximate surface area is 75.0 Å². The van der Waals surface area contributed by atoms with Crippen molar-refractivity contribution >= 4 is 5.78 Å². The minimum absolute atomic E-state index is 0.179. The summed E-state index contributed by atoms with van der Waals surface area (Å²) in [6.07, 6.45) is 1.02. The molecule has 0 bridgehead atoms. The van der Waals surface area contributed by atoms with Gasteiger partial charge in [-0.05, 0) is 19.3 Å². The fourth-order valence-electron chi connectivity index (χ4n) is 0.928. The van der Waals surface area contributed by atoms with Gasteiger partial charge in [0.2, 0.25) is 0 Å². The summed E-state index contributed by atoms with van der Waals surface area (Å²) < 4.78 is 0. The SMILES string of the molecule is CC(C)CCC(=O)[C@@H](C)[C@@H](C)O. The Morgan fingerprint density at radius 3 is 2.08 bits per heavy atom. The van der Waals surface area contributed by atoms with Crippen molar-refractivity contribution in [2.45, 2.75) is 46.6 Å². The molecule has 0 saturated carbocycles. The van der Waals surface area contributed by atoms with Gasteiger partial charge in [-0.25, -0.2) is 0 Å². The number of carbonyl (C=O) groups is 1. The first-order valence-electron chi connectivity index (χ1n) is 4.66. The van der Waals surface area contributed by atoms with Crippen molar-refractivity contribution in [1.29, 1.82) is 0 Å². The normalized spacial score (nSPS) is 16.2. The van der Waals surface area contributed by atoms with E-state index in [2.05, 4.69) is 13.8 Å². The number of ketones is 1. The third-order valence-electron chi connectivity index (χ3n) is 2.20. The van der Waals surface area contributed by atoms with Gasteiger partial charge in [0.15, 0.2) is 0 Å². The Morgan fingerprint density at radius 1 is 1.25 bits per heavy atom. The Kier molecular flexibility index (Phi) is 5.14. The van der Waals surface area contributed by atoms with E-state index in [-0.39, 0.29) is 11.7 Å². The number of hydrogen-bond donors (Lipinski definition) is 1. The van der Waals surface area contributed by atoms with E-state index in [1.165, 1.54) is 0 Å². The summed E-state index contributed by atoms with van der Waals surface area (Å²) in [5.41, 5.74) is 0. The molecule has 2 heteroatoms. The molecule has 0 aliphatic carbocycles. The zero-order valence-corrected chi connectivity index (χ0v) is 8.50. The lowest BCUT2D eigenvalue weighted by molar-refractivity contribution is -0.125. The monoisotopic (exact) mass is 172 g/mol. The molecular weight excluding hydrogens is 152 g/mol. The van der Waals surface area contributed by atoms with E-state index in [4.69, 9.17) is 5.11 Å². The highest BCUT2D eigenvalue weighted by molar-refractivity contribution is 5.81. The molecule has 0 heterocycles. The molecular formula is C10H20O2. The molecule has 0 unspecified atom stereocenters. The van der Waals surface area contributed by atoms with Gasteiger partial charge in [-0.15, -0.1) is 0 Å². The first kappa shape index (κ1) is 11.6. The van der Waals surface area contributed by atoms with Crippen LogP contribution in [0.4, 0.5) is 0 Å². The average Bonchev–Trinajstić information content (AvgIpc) is 1.98. The maximum absolute atomic E-state index is 11.3. The topological polar surface area (TPSA) is 37.3 Å². The van der Waals surface area contributed by atoms with Crippen molar-refractivity contribution in [1.82, 2.24) is 0 Å². The number of aliphatic hydroxyl groups is 1. The molecule has 0 aliphatic rings. The number of carbonyl (C=O) groups excluding carboxylic acids is 1. The smallest absolute Gasteiger partial charge is 0.138 e. The van der Waals surface area contributed by atoms with E-state index in [0.29, 0.717) is 12.3 Å². The van der Waals surface area contributed by atoms with E-state index in [0.717, 1.165) is 6.42 Å². The molecule has 0 amide bonds. The number of hydrogen-bond acceptors (Lipinski definition) is 2. The molecule has 2 nitrogen and oxygen atoms in total. The van der Waals surface area contributed by atoms with Gasteiger partial charge in [-0.2, -0.15) is 0 Å². The standard InChI is InChI=1S/C10H20O2/c1-7(2)5-6-10(12)8(3)9(4)11/h7-9,11H,5-6H2,1-4H3/t8-,9+/m0/s1. The summed E-state index contributed by atoms with van der Waals surface area (Å²) >= 11 is 0. The summed E-state index contributed by atoms with van der Waals surface area (Å²) in [5, 5.41) is 9.14. The quantitative estimate of drug-likeness (QED) is 0.688. The highest BCUT2D eigenvalue weighted by atomic mass is 16.3. The third-order valence-corrected chi connectivity index (χ3v) is 2.20. The van der Waals surface area contributed by atoms with Crippen LogP contribution in [0, 0.1) is 11.8 Å². The summed E-state index contributed by atoms with van der Waals surface area (Å²) in [6.45, 7) is 7.64. The number of rotatable bonds is 5. The molecule has 0 rings (SSSR count). The zero-order valence-electron chi connectivity index (χ0n) is 8.50. The van der Waals surface area contributed by atoms with Crippen LogP contribution in [0.5, 0.6) is 0 Å². The largest absolute Gasteiger partial charge is 0.393 e. The van der Waals surface area contributed by atoms with Gasteiger partial charge in [-0.3, -0.25) is 4.79 Å². The molecule has 1 N–H and O–H groups in total. The van der Waals surface area contributed by atoms with Crippen molar-refractivity contribution in [2.24, 2.45) is 11.8 Å². The molecule has 0 saturated heterocycles. The van der Waals surface area contributed by atoms with Crippen molar-refractivity contribution in [3.8, 4) is 0 Å². The minimum Gasteiger partial charge on any atom is -0.393 e. The first-order chi connectivity index (χ1) is 5.45. The Hall–Kier alpha value is -0.370. The predicted molar refractivity (Wildman–Crippen MR) is 49.9 cm³/mol. The maximum atomic E-state index is 11.3. The second-order valence-electron chi connectivity index (χ2n) is 3.93. The van der Waals surface area contributed by atoms with Crippen LogP contribution in [0.3, 0.4) is 0 Å². The van der Waals surface area contributed by atoms with Crippen molar-refractivity contribution < 1.29 is 9.90 Å². The number of aliphatic hydroxyl groups excluding tert-OH is 1. The molecule has 0 aromatic rings. The lowest BCUT2D eigenvalue weighted by Gasteiger charge is -2.13. The molecule has 0 aromatic heterocycles. The summed E-state index contributed by atoms with van der Waals surface area (Å²) in [6, 6.07) is 0. The molecule has 0 fully saturated rings. The zero-order chi connectivity index (χ0) is 9.72. The highest BCUT2D eigenvalue weighted by Crippen LogP contribution is 2.11. The van der Waals surface area contributed by atoms with Crippen LogP contribution in [-0.4, -0.2) is 17.0 Å². The van der Waals surface area contributed by atoms with Gasteiger partial charge in [0.1, 0.15) is 5.78 Å². The van der Waals surface area contributed by atoms with E-state index in [1.54, 1.807) is 13.8 Å². The Balaban J connectivity index is 3.72. The maximum Gasteiger partial charge on any atom is 0.138 e. The number of Topliss-reactive ketones (excluding diaryl/α,β-unsaturated/α-hetero) is 1. The predicted octanol–water partition coefficient (Wildman–Crippen LogP) is 2.01. The molecule has 12 heavy (non-hydrogen) atoms. The molecule has 0 radical (unpaired) electrons. The van der Waals surface area contributed by atoms with E-state index in [9.17, 15) is 4.79 Å². The second kappa shape index (κ2) is 5.31. The molecule has 72 valence electrons. The van der Waals surface area contributed by atoms with Gasteiger partial charge in [-0.1, -0.05) is 20.8 Å². The van der Waals surface area contributed by atoms with E-state index in [1.807, 2.05) is 0 Å². The lowest BCUT2D eigenvalue weighted by atomic mass is 9.95. The Bertz CT molecular complexity index is 139. The van der Waals surface area contributed by atoms with Gasteiger partial charge in [0.05, 0.1) is 6.10 Å². The fourth-order valence-corrected chi connectivity index (χ4v) is 0.928. The van der Waals surface area contributed by atoms with Gasteiger partial charge >= 0.3 is 0 Å².